The lowest BCUT2D eigenvalue weighted by Gasteiger charge is -2.07. The Labute approximate surface area is 132 Å². The van der Waals surface area contributed by atoms with E-state index in [2.05, 4.69) is 11.1 Å². The van der Waals surface area contributed by atoms with Gasteiger partial charge in [-0.1, -0.05) is 30.3 Å². The summed E-state index contributed by atoms with van der Waals surface area (Å²) < 4.78 is 1.67. The Morgan fingerprint density at radius 1 is 1.32 bits per heavy atom. The molecule has 0 aliphatic rings. The molecule has 0 atom stereocenters. The number of aromatic nitrogens is 2. The van der Waals surface area contributed by atoms with Crippen LogP contribution in [0.5, 0.6) is 0 Å². The quantitative estimate of drug-likeness (QED) is 0.690. The van der Waals surface area contributed by atoms with E-state index in [1.807, 2.05) is 43.3 Å². The monoisotopic (exact) mass is 309 g/mol. The van der Waals surface area contributed by atoms with Gasteiger partial charge in [-0.05, 0) is 25.0 Å². The second kappa shape index (κ2) is 6.12. The zero-order chi connectivity index (χ0) is 15.5. The normalized spacial score (nSPS) is 10.7. The summed E-state index contributed by atoms with van der Waals surface area (Å²) in [5, 5.41) is 9.29. The highest BCUT2D eigenvalue weighted by Crippen LogP contribution is 2.30. The molecule has 0 N–H and O–H groups in total. The molecule has 0 fully saturated rings. The molecule has 0 spiro atoms. The zero-order valence-electron chi connectivity index (χ0n) is 12.2. The third-order valence-electron chi connectivity index (χ3n) is 3.57. The summed E-state index contributed by atoms with van der Waals surface area (Å²) in [5.41, 5.74) is 1.08. The Kier molecular flexibility index (Phi) is 4.03. The van der Waals surface area contributed by atoms with Crippen LogP contribution >= 0.6 is 11.3 Å². The first-order chi connectivity index (χ1) is 10.7. The van der Waals surface area contributed by atoms with Gasteiger partial charge in [-0.2, -0.15) is 5.26 Å². The summed E-state index contributed by atoms with van der Waals surface area (Å²) in [6.45, 7) is 2.38. The molecule has 2 aromatic heterocycles. The third kappa shape index (κ3) is 2.66. The van der Waals surface area contributed by atoms with Crippen LogP contribution < -0.4 is 5.56 Å². The maximum Gasteiger partial charge on any atom is 0.262 e. The molecule has 0 aliphatic heterocycles. The lowest BCUT2D eigenvalue weighted by molar-refractivity contribution is 0.607. The Morgan fingerprint density at radius 2 is 2.09 bits per heavy atom. The minimum Gasteiger partial charge on any atom is -0.296 e. The number of benzene rings is 1. The number of thiophene rings is 1. The van der Waals surface area contributed by atoms with Gasteiger partial charge in [-0.3, -0.25) is 9.36 Å². The molecule has 1 aromatic carbocycles. The molecule has 0 saturated heterocycles. The van der Waals surface area contributed by atoms with E-state index in [1.165, 1.54) is 11.3 Å². The topological polar surface area (TPSA) is 58.7 Å². The second-order valence-electron chi connectivity index (χ2n) is 5.07. The summed E-state index contributed by atoms with van der Waals surface area (Å²) in [6, 6.07) is 14.0. The van der Waals surface area contributed by atoms with E-state index in [0.717, 1.165) is 15.3 Å². The lowest BCUT2D eigenvalue weighted by Crippen LogP contribution is -2.23. The first-order valence-electron chi connectivity index (χ1n) is 7.14. The maximum atomic E-state index is 12.6. The van der Waals surface area contributed by atoms with Crippen LogP contribution in [0.3, 0.4) is 0 Å². The highest BCUT2D eigenvalue weighted by atomic mass is 32.1. The summed E-state index contributed by atoms with van der Waals surface area (Å²) in [4.78, 5) is 19.0. The largest absolute Gasteiger partial charge is 0.296 e. The predicted octanol–water partition coefficient (Wildman–Crippen LogP) is 3.74. The summed E-state index contributed by atoms with van der Waals surface area (Å²) in [6.07, 6.45) is 1.11. The van der Waals surface area contributed by atoms with Crippen LogP contribution in [0.15, 0.2) is 41.2 Å². The van der Waals surface area contributed by atoms with E-state index in [1.54, 1.807) is 4.57 Å². The number of fused-ring (bicyclic) bond motifs is 1. The van der Waals surface area contributed by atoms with Crippen molar-refractivity contribution >= 4 is 21.6 Å². The molecule has 22 heavy (non-hydrogen) atoms. The van der Waals surface area contributed by atoms with Crippen molar-refractivity contribution < 1.29 is 0 Å². The van der Waals surface area contributed by atoms with Crippen LogP contribution in [-0.2, 0) is 6.54 Å². The van der Waals surface area contributed by atoms with Crippen LogP contribution in [0.2, 0.25) is 0 Å². The Hall–Kier alpha value is -2.45. The van der Waals surface area contributed by atoms with Crippen LogP contribution in [-0.4, -0.2) is 9.55 Å². The fourth-order valence-electron chi connectivity index (χ4n) is 2.44. The smallest absolute Gasteiger partial charge is 0.262 e. The minimum atomic E-state index is -0.0149. The fourth-order valence-corrected chi connectivity index (χ4v) is 3.51. The van der Waals surface area contributed by atoms with Gasteiger partial charge < -0.3 is 0 Å². The minimum absolute atomic E-state index is 0.0149. The average molecular weight is 309 g/mol. The van der Waals surface area contributed by atoms with Gasteiger partial charge in [0.05, 0.1) is 11.5 Å². The van der Waals surface area contributed by atoms with E-state index in [-0.39, 0.29) is 5.56 Å². The lowest BCUT2D eigenvalue weighted by atomic mass is 10.2. The number of aryl methyl sites for hydroxylation is 1. The summed E-state index contributed by atoms with van der Waals surface area (Å²) in [7, 11) is 0. The molecule has 110 valence electrons. The van der Waals surface area contributed by atoms with Gasteiger partial charge in [0.25, 0.3) is 5.56 Å². The molecule has 5 heteroatoms. The number of hydrogen-bond donors (Lipinski definition) is 0. The first-order valence-corrected chi connectivity index (χ1v) is 7.95. The van der Waals surface area contributed by atoms with Crippen LogP contribution in [0.1, 0.15) is 18.7 Å². The molecule has 0 bridgehead atoms. The van der Waals surface area contributed by atoms with E-state index < -0.39 is 0 Å². The molecule has 0 saturated carbocycles. The van der Waals surface area contributed by atoms with Crippen molar-refractivity contribution in [1.82, 2.24) is 9.55 Å². The van der Waals surface area contributed by atoms with E-state index >= 15 is 0 Å². The van der Waals surface area contributed by atoms with Crippen molar-refractivity contribution in [1.29, 1.82) is 5.26 Å². The van der Waals surface area contributed by atoms with Gasteiger partial charge in [-0.15, -0.1) is 11.3 Å². The van der Waals surface area contributed by atoms with Gasteiger partial charge in [0.1, 0.15) is 10.7 Å². The standard InChI is InChI=1S/C17H15N3OS/c1-12-19-16-14(17(21)20(12)10-6-5-9-18)11-15(22-16)13-7-3-2-4-8-13/h2-4,7-8,11H,5-6,10H2,1H3. The van der Waals surface area contributed by atoms with E-state index in [0.29, 0.717) is 30.6 Å². The van der Waals surface area contributed by atoms with Gasteiger partial charge in [0, 0.05) is 17.8 Å². The van der Waals surface area contributed by atoms with Crippen molar-refractivity contribution in [2.75, 3.05) is 0 Å². The Bertz CT molecular complexity index is 903. The number of rotatable bonds is 4. The summed E-state index contributed by atoms with van der Waals surface area (Å²) >= 11 is 1.54. The van der Waals surface area contributed by atoms with Crippen LogP contribution in [0.25, 0.3) is 20.7 Å². The second-order valence-corrected chi connectivity index (χ2v) is 6.10. The van der Waals surface area contributed by atoms with Gasteiger partial charge >= 0.3 is 0 Å². The maximum absolute atomic E-state index is 12.6. The Balaban J connectivity index is 2.08. The molecule has 4 nitrogen and oxygen atoms in total. The van der Waals surface area contributed by atoms with Crippen LogP contribution in [0, 0.1) is 18.3 Å². The molecule has 0 radical (unpaired) electrons. The molecule has 0 unspecified atom stereocenters. The molecule has 0 amide bonds. The first kappa shape index (κ1) is 14.5. The van der Waals surface area contributed by atoms with E-state index in [4.69, 9.17) is 5.26 Å². The highest BCUT2D eigenvalue weighted by Gasteiger charge is 2.12. The van der Waals surface area contributed by atoms with Crippen molar-refractivity contribution in [3.8, 4) is 16.5 Å². The predicted molar refractivity (Wildman–Crippen MR) is 88.9 cm³/mol. The number of hydrogen-bond acceptors (Lipinski definition) is 4. The Morgan fingerprint density at radius 3 is 2.82 bits per heavy atom. The number of nitrogens with zero attached hydrogens (tertiary/aromatic N) is 3. The van der Waals surface area contributed by atoms with E-state index in [9.17, 15) is 4.79 Å². The molecule has 3 aromatic rings. The fraction of sp³-hybridized carbons (Fsp3) is 0.235. The van der Waals surface area contributed by atoms with Gasteiger partial charge in [0.15, 0.2) is 0 Å². The van der Waals surface area contributed by atoms with Crippen molar-refractivity contribution in [2.24, 2.45) is 0 Å². The molecular formula is C17H15N3OS. The number of nitriles is 1. The van der Waals surface area contributed by atoms with Crippen molar-refractivity contribution in [3.05, 3.63) is 52.6 Å². The zero-order valence-corrected chi connectivity index (χ0v) is 13.1. The molecule has 0 aliphatic carbocycles. The van der Waals surface area contributed by atoms with Gasteiger partial charge in [-0.25, -0.2) is 4.98 Å². The molecule has 3 rings (SSSR count). The SMILES string of the molecule is Cc1nc2sc(-c3ccccc3)cc2c(=O)n1CCCC#N. The highest BCUT2D eigenvalue weighted by molar-refractivity contribution is 7.21. The number of unbranched alkanes of at least 4 members (excludes halogenated alkanes) is 1. The van der Waals surface area contributed by atoms with Crippen LogP contribution in [0.4, 0.5) is 0 Å². The van der Waals surface area contributed by atoms with Crippen molar-refractivity contribution in [3.63, 3.8) is 0 Å². The van der Waals surface area contributed by atoms with Gasteiger partial charge in [0.2, 0.25) is 0 Å². The molecule has 2 heterocycles. The average Bonchev–Trinajstić information content (AvgIpc) is 2.95. The van der Waals surface area contributed by atoms with Crippen molar-refractivity contribution in [2.45, 2.75) is 26.3 Å². The third-order valence-corrected chi connectivity index (χ3v) is 4.65. The molecular weight excluding hydrogens is 294 g/mol. The summed E-state index contributed by atoms with van der Waals surface area (Å²) in [5.74, 6) is 0.705.